The highest BCUT2D eigenvalue weighted by atomic mass is 16.8. The van der Waals surface area contributed by atoms with Gasteiger partial charge in [0.1, 0.15) is 6.10 Å². The summed E-state index contributed by atoms with van der Waals surface area (Å²) in [5.41, 5.74) is 4.38. The molecular formula is C17H23NO4. The van der Waals surface area contributed by atoms with Gasteiger partial charge >= 0.3 is 0 Å². The molecule has 4 rings (SSSR count). The Morgan fingerprint density at radius 3 is 2.82 bits per heavy atom. The zero-order chi connectivity index (χ0) is 15.2. The van der Waals surface area contributed by atoms with Gasteiger partial charge in [-0.25, -0.2) is 0 Å². The zero-order valence-corrected chi connectivity index (χ0v) is 13.0. The Labute approximate surface area is 130 Å². The third kappa shape index (κ3) is 2.68. The van der Waals surface area contributed by atoms with Gasteiger partial charge < -0.3 is 14.2 Å². The summed E-state index contributed by atoms with van der Waals surface area (Å²) in [5.74, 6) is -0.263. The van der Waals surface area contributed by atoms with E-state index in [1.165, 1.54) is 0 Å². The van der Waals surface area contributed by atoms with Crippen LogP contribution in [0.2, 0.25) is 0 Å². The lowest BCUT2D eigenvalue weighted by atomic mass is 9.97. The van der Waals surface area contributed by atoms with Gasteiger partial charge in [-0.3, -0.25) is 4.84 Å². The van der Waals surface area contributed by atoms with Crippen molar-refractivity contribution >= 4 is 0 Å². The molecule has 2 heterocycles. The molecule has 1 aromatic carbocycles. The van der Waals surface area contributed by atoms with Crippen molar-refractivity contribution in [1.82, 2.24) is 5.48 Å². The fraction of sp³-hybridized carbons (Fsp3) is 0.647. The molecule has 5 atom stereocenters. The van der Waals surface area contributed by atoms with Crippen LogP contribution in [0.5, 0.6) is 0 Å². The van der Waals surface area contributed by atoms with Gasteiger partial charge in [0, 0.05) is 12.0 Å². The first-order chi connectivity index (χ1) is 10.6. The van der Waals surface area contributed by atoms with E-state index in [0.717, 1.165) is 18.4 Å². The van der Waals surface area contributed by atoms with Crippen LogP contribution in [-0.2, 0) is 25.7 Å². The number of hydroxylamine groups is 1. The lowest BCUT2D eigenvalue weighted by Gasteiger charge is -2.25. The number of ether oxygens (including phenoxy) is 3. The molecule has 1 aliphatic carbocycles. The number of fused-ring (bicyclic) bond motifs is 3. The molecule has 2 aliphatic heterocycles. The molecule has 3 aliphatic rings. The summed E-state index contributed by atoms with van der Waals surface area (Å²) >= 11 is 0. The predicted octanol–water partition coefficient (Wildman–Crippen LogP) is 2.36. The SMILES string of the molecule is CC1(C)O[C@H]2O[C@@H]3CC[C@H](NOCc4ccccc4)[C@@H]3[C@H]2O1. The summed E-state index contributed by atoms with van der Waals surface area (Å²) in [6.07, 6.45) is 2.04. The van der Waals surface area contributed by atoms with Crippen molar-refractivity contribution in [3.63, 3.8) is 0 Å². The average Bonchev–Trinajstić information content (AvgIpc) is 3.09. The molecule has 5 nitrogen and oxygen atoms in total. The maximum atomic E-state index is 6.04. The first kappa shape index (κ1) is 14.6. The Morgan fingerprint density at radius 2 is 2.00 bits per heavy atom. The second kappa shape index (κ2) is 5.58. The molecule has 0 bridgehead atoms. The van der Waals surface area contributed by atoms with E-state index in [0.29, 0.717) is 12.5 Å². The molecule has 2 saturated heterocycles. The van der Waals surface area contributed by atoms with Crippen LogP contribution in [0.3, 0.4) is 0 Å². The van der Waals surface area contributed by atoms with Gasteiger partial charge in [0.05, 0.1) is 12.7 Å². The zero-order valence-electron chi connectivity index (χ0n) is 13.0. The van der Waals surface area contributed by atoms with Crippen LogP contribution < -0.4 is 5.48 Å². The van der Waals surface area contributed by atoms with E-state index in [1.54, 1.807) is 0 Å². The number of nitrogens with one attached hydrogen (secondary N) is 1. The molecule has 0 radical (unpaired) electrons. The van der Waals surface area contributed by atoms with Gasteiger partial charge in [-0.15, -0.1) is 0 Å². The van der Waals surface area contributed by atoms with Gasteiger partial charge in [0.15, 0.2) is 12.1 Å². The standard InChI is InChI=1S/C17H23NO4/c1-17(2)21-15-14-12(8-9-13(14)20-16(15)22-17)18-19-10-11-6-4-3-5-7-11/h3-7,12-16,18H,8-10H2,1-2H3/t12-,13+,14-,15+,16+/m0/s1. The maximum absolute atomic E-state index is 6.04. The average molecular weight is 305 g/mol. The Kier molecular flexibility index (Phi) is 3.71. The second-order valence-electron chi connectivity index (χ2n) is 6.80. The number of rotatable bonds is 4. The highest BCUT2D eigenvalue weighted by Gasteiger charge is 2.58. The van der Waals surface area contributed by atoms with E-state index in [4.69, 9.17) is 19.0 Å². The van der Waals surface area contributed by atoms with Crippen LogP contribution >= 0.6 is 0 Å². The largest absolute Gasteiger partial charge is 0.346 e. The lowest BCUT2D eigenvalue weighted by Crippen LogP contribution is -2.41. The van der Waals surface area contributed by atoms with Crippen LogP contribution in [0.15, 0.2) is 30.3 Å². The Hall–Kier alpha value is -0.980. The predicted molar refractivity (Wildman–Crippen MR) is 79.6 cm³/mol. The Morgan fingerprint density at radius 1 is 1.18 bits per heavy atom. The van der Waals surface area contributed by atoms with Crippen LogP contribution in [-0.4, -0.2) is 30.3 Å². The molecule has 1 saturated carbocycles. The summed E-state index contributed by atoms with van der Waals surface area (Å²) in [5, 5.41) is 0. The van der Waals surface area contributed by atoms with Crippen molar-refractivity contribution in [3.8, 4) is 0 Å². The molecule has 5 heteroatoms. The maximum Gasteiger partial charge on any atom is 0.187 e. The van der Waals surface area contributed by atoms with Crippen LogP contribution in [0.25, 0.3) is 0 Å². The highest BCUT2D eigenvalue weighted by molar-refractivity contribution is 5.13. The third-order valence-electron chi connectivity index (χ3n) is 4.75. The third-order valence-corrected chi connectivity index (χ3v) is 4.75. The number of hydrogen-bond donors (Lipinski definition) is 1. The van der Waals surface area contributed by atoms with E-state index in [2.05, 4.69) is 17.6 Å². The van der Waals surface area contributed by atoms with Crippen molar-refractivity contribution in [1.29, 1.82) is 0 Å². The van der Waals surface area contributed by atoms with Gasteiger partial charge in [0.2, 0.25) is 0 Å². The van der Waals surface area contributed by atoms with Crippen LogP contribution in [0.4, 0.5) is 0 Å². The van der Waals surface area contributed by atoms with E-state index in [9.17, 15) is 0 Å². The minimum atomic E-state index is -0.557. The molecule has 0 unspecified atom stereocenters. The molecular weight excluding hydrogens is 282 g/mol. The van der Waals surface area contributed by atoms with Crippen molar-refractivity contribution in [2.75, 3.05) is 0 Å². The fourth-order valence-electron chi connectivity index (χ4n) is 3.83. The minimum Gasteiger partial charge on any atom is -0.346 e. The minimum absolute atomic E-state index is 0.000301. The number of hydrogen-bond acceptors (Lipinski definition) is 5. The lowest BCUT2D eigenvalue weighted by molar-refractivity contribution is -0.208. The molecule has 120 valence electrons. The molecule has 22 heavy (non-hydrogen) atoms. The monoisotopic (exact) mass is 305 g/mol. The van der Waals surface area contributed by atoms with Crippen molar-refractivity contribution < 1.29 is 19.0 Å². The second-order valence-corrected chi connectivity index (χ2v) is 6.80. The molecule has 0 aromatic heterocycles. The Balaban J connectivity index is 1.35. The van der Waals surface area contributed by atoms with Gasteiger partial charge in [-0.2, -0.15) is 5.48 Å². The van der Waals surface area contributed by atoms with E-state index < -0.39 is 5.79 Å². The van der Waals surface area contributed by atoms with E-state index >= 15 is 0 Å². The van der Waals surface area contributed by atoms with E-state index in [-0.39, 0.29) is 24.5 Å². The number of benzene rings is 1. The summed E-state index contributed by atoms with van der Waals surface area (Å²) in [6, 6.07) is 10.4. The fourth-order valence-corrected chi connectivity index (χ4v) is 3.83. The summed E-state index contributed by atoms with van der Waals surface area (Å²) in [6.45, 7) is 4.44. The topological polar surface area (TPSA) is 49.0 Å². The smallest absolute Gasteiger partial charge is 0.187 e. The van der Waals surface area contributed by atoms with Crippen LogP contribution in [0.1, 0.15) is 32.3 Å². The van der Waals surface area contributed by atoms with Crippen molar-refractivity contribution in [3.05, 3.63) is 35.9 Å². The van der Waals surface area contributed by atoms with Gasteiger partial charge in [0.25, 0.3) is 0 Å². The van der Waals surface area contributed by atoms with E-state index in [1.807, 2.05) is 32.0 Å². The molecule has 3 fully saturated rings. The molecule has 0 spiro atoms. The van der Waals surface area contributed by atoms with Gasteiger partial charge in [-0.1, -0.05) is 30.3 Å². The van der Waals surface area contributed by atoms with Crippen molar-refractivity contribution in [2.24, 2.45) is 5.92 Å². The quantitative estimate of drug-likeness (QED) is 0.866. The molecule has 1 aromatic rings. The van der Waals surface area contributed by atoms with Crippen LogP contribution in [0, 0.1) is 5.92 Å². The first-order valence-electron chi connectivity index (χ1n) is 8.05. The highest BCUT2D eigenvalue weighted by Crippen LogP contribution is 2.47. The summed E-state index contributed by atoms with van der Waals surface area (Å²) < 4.78 is 17.9. The molecule has 0 amide bonds. The Bertz CT molecular complexity index is 521. The normalized spacial score (nSPS) is 38.9. The summed E-state index contributed by atoms with van der Waals surface area (Å²) in [7, 11) is 0. The first-order valence-corrected chi connectivity index (χ1v) is 8.05. The van der Waals surface area contributed by atoms with Crippen molar-refractivity contribution in [2.45, 2.75) is 63.6 Å². The molecule has 1 N–H and O–H groups in total. The summed E-state index contributed by atoms with van der Waals surface area (Å²) in [4.78, 5) is 5.71. The van der Waals surface area contributed by atoms with Gasteiger partial charge in [-0.05, 0) is 32.3 Å².